The summed E-state index contributed by atoms with van der Waals surface area (Å²) in [6.45, 7) is -0.167. The highest BCUT2D eigenvalue weighted by Crippen LogP contribution is 2.02. The minimum atomic E-state index is -0.958. The van der Waals surface area contributed by atoms with Crippen LogP contribution in [0.15, 0.2) is 17.1 Å². The van der Waals surface area contributed by atoms with Crippen LogP contribution in [0.3, 0.4) is 0 Å². The maximum Gasteiger partial charge on any atom is 0.346 e. The molecular weight excluding hydrogens is 174 g/mol. The highest BCUT2D eigenvalue weighted by atomic mass is 16.4. The summed E-state index contributed by atoms with van der Waals surface area (Å²) in [6.07, 6.45) is 1.33. The summed E-state index contributed by atoms with van der Waals surface area (Å²) in [5.41, 5.74) is -0.491. The number of nitrogens with zero attached hydrogens (tertiary/aromatic N) is 2. The fourth-order valence-electron chi connectivity index (χ4n) is 0.870. The number of aliphatic carboxylic acids is 1. The third-order valence-electron chi connectivity index (χ3n) is 1.44. The number of H-pyrrole nitrogens is 1. The first-order valence-electron chi connectivity index (χ1n) is 3.58. The summed E-state index contributed by atoms with van der Waals surface area (Å²) in [7, 11) is 1.57. The van der Waals surface area contributed by atoms with Gasteiger partial charge in [0.05, 0.1) is 0 Å². The van der Waals surface area contributed by atoms with Crippen LogP contribution < -0.4 is 10.6 Å². The van der Waals surface area contributed by atoms with Crippen molar-refractivity contribution in [2.45, 2.75) is 0 Å². The number of carbonyl (C=O) groups is 1. The Bertz CT molecular complexity index is 360. The first-order chi connectivity index (χ1) is 6.09. The molecule has 1 aromatic heterocycles. The molecule has 0 radical (unpaired) electrons. The molecule has 0 saturated heterocycles. The first kappa shape index (κ1) is 9.24. The highest BCUT2D eigenvalue weighted by Gasteiger charge is 2.05. The van der Waals surface area contributed by atoms with Crippen molar-refractivity contribution in [1.82, 2.24) is 9.97 Å². The average Bonchev–Trinajstić information content (AvgIpc) is 2.03. The van der Waals surface area contributed by atoms with E-state index in [9.17, 15) is 9.59 Å². The van der Waals surface area contributed by atoms with Crippen LogP contribution in [0.4, 0.5) is 5.82 Å². The Morgan fingerprint density at radius 2 is 2.46 bits per heavy atom. The second kappa shape index (κ2) is 3.70. The van der Waals surface area contributed by atoms with Gasteiger partial charge in [-0.1, -0.05) is 0 Å². The fraction of sp³-hybridized carbons (Fsp3) is 0.286. The molecule has 1 aromatic rings. The zero-order chi connectivity index (χ0) is 9.84. The molecule has 0 saturated carbocycles. The van der Waals surface area contributed by atoms with Crippen molar-refractivity contribution in [3.05, 3.63) is 22.7 Å². The Hall–Kier alpha value is -1.85. The minimum Gasteiger partial charge on any atom is -0.480 e. The van der Waals surface area contributed by atoms with Crippen molar-refractivity contribution in [3.8, 4) is 0 Å². The molecule has 6 heteroatoms. The third kappa shape index (κ3) is 2.58. The Kier molecular flexibility index (Phi) is 2.63. The number of likely N-dealkylation sites (N-methyl/N-ethyl adjacent to an activating group) is 1. The number of carboxylic acids is 1. The van der Waals surface area contributed by atoms with E-state index in [1.54, 1.807) is 7.05 Å². The van der Waals surface area contributed by atoms with E-state index in [0.29, 0.717) is 5.82 Å². The van der Waals surface area contributed by atoms with Crippen molar-refractivity contribution in [1.29, 1.82) is 0 Å². The second-order valence-corrected chi connectivity index (χ2v) is 2.51. The predicted molar refractivity (Wildman–Crippen MR) is 45.8 cm³/mol. The van der Waals surface area contributed by atoms with Gasteiger partial charge in [-0.3, -0.25) is 9.78 Å². The fourth-order valence-corrected chi connectivity index (χ4v) is 0.870. The molecule has 1 rings (SSSR count). The van der Waals surface area contributed by atoms with E-state index in [4.69, 9.17) is 5.11 Å². The molecule has 0 bridgehead atoms. The van der Waals surface area contributed by atoms with Crippen LogP contribution in [0.5, 0.6) is 0 Å². The van der Waals surface area contributed by atoms with E-state index < -0.39 is 11.7 Å². The van der Waals surface area contributed by atoms with E-state index in [-0.39, 0.29) is 6.54 Å². The van der Waals surface area contributed by atoms with Crippen molar-refractivity contribution >= 4 is 11.8 Å². The molecule has 0 aromatic carbocycles. The number of rotatable bonds is 3. The van der Waals surface area contributed by atoms with Gasteiger partial charge in [0.2, 0.25) is 0 Å². The topological polar surface area (TPSA) is 86.3 Å². The minimum absolute atomic E-state index is 0.167. The lowest BCUT2D eigenvalue weighted by Crippen LogP contribution is -2.27. The van der Waals surface area contributed by atoms with Crippen molar-refractivity contribution in [2.24, 2.45) is 0 Å². The zero-order valence-corrected chi connectivity index (χ0v) is 7.02. The summed E-state index contributed by atoms with van der Waals surface area (Å²) < 4.78 is 0. The maximum absolute atomic E-state index is 10.7. The standard InChI is InChI=1S/C7H9N3O3/c1-10(4-6(11)12)5-2-3-8-7(13)9-5/h2-3H,4H2,1H3,(H,11,12)(H,8,9,13). The van der Waals surface area contributed by atoms with E-state index >= 15 is 0 Å². The van der Waals surface area contributed by atoms with Gasteiger partial charge in [0.1, 0.15) is 12.4 Å². The van der Waals surface area contributed by atoms with Crippen LogP contribution in [0.1, 0.15) is 0 Å². The van der Waals surface area contributed by atoms with E-state index in [1.165, 1.54) is 17.2 Å². The molecule has 0 unspecified atom stereocenters. The summed E-state index contributed by atoms with van der Waals surface area (Å²) in [4.78, 5) is 28.3. The largest absolute Gasteiger partial charge is 0.480 e. The Labute approximate surface area is 73.8 Å². The maximum atomic E-state index is 10.7. The SMILES string of the molecule is CN(CC(=O)O)c1ccnc(=O)[nH]1. The summed E-state index contributed by atoms with van der Waals surface area (Å²) in [5, 5.41) is 8.47. The number of aromatic nitrogens is 2. The van der Waals surface area contributed by atoms with Crippen LogP contribution >= 0.6 is 0 Å². The van der Waals surface area contributed by atoms with Gasteiger partial charge in [0, 0.05) is 13.2 Å². The third-order valence-corrected chi connectivity index (χ3v) is 1.44. The summed E-state index contributed by atoms with van der Waals surface area (Å²) in [6, 6.07) is 1.53. The Morgan fingerprint density at radius 1 is 1.77 bits per heavy atom. The molecule has 0 amide bonds. The van der Waals surface area contributed by atoms with E-state index in [1.807, 2.05) is 0 Å². The van der Waals surface area contributed by atoms with Crippen LogP contribution in [-0.4, -0.2) is 34.6 Å². The first-order valence-corrected chi connectivity index (χ1v) is 3.58. The van der Waals surface area contributed by atoms with Crippen LogP contribution in [-0.2, 0) is 4.79 Å². The second-order valence-electron chi connectivity index (χ2n) is 2.51. The van der Waals surface area contributed by atoms with Gasteiger partial charge >= 0.3 is 11.7 Å². The van der Waals surface area contributed by atoms with Gasteiger partial charge in [0.15, 0.2) is 0 Å². The van der Waals surface area contributed by atoms with Gasteiger partial charge in [-0.05, 0) is 6.07 Å². The zero-order valence-electron chi connectivity index (χ0n) is 7.02. The normalized spacial score (nSPS) is 9.62. The van der Waals surface area contributed by atoms with Crippen molar-refractivity contribution < 1.29 is 9.90 Å². The molecule has 0 aliphatic rings. The molecule has 1 heterocycles. The monoisotopic (exact) mass is 183 g/mol. The Balaban J connectivity index is 2.82. The molecular formula is C7H9N3O3. The molecule has 0 atom stereocenters. The number of hydrogen-bond acceptors (Lipinski definition) is 4. The van der Waals surface area contributed by atoms with Gasteiger partial charge in [0.25, 0.3) is 0 Å². The molecule has 2 N–H and O–H groups in total. The van der Waals surface area contributed by atoms with Crippen molar-refractivity contribution in [2.75, 3.05) is 18.5 Å². The van der Waals surface area contributed by atoms with Gasteiger partial charge in [-0.2, -0.15) is 0 Å². The number of carboxylic acid groups (broad SMARTS) is 1. The van der Waals surface area contributed by atoms with Gasteiger partial charge < -0.3 is 10.0 Å². The quantitative estimate of drug-likeness (QED) is 0.646. The lowest BCUT2D eigenvalue weighted by atomic mass is 10.5. The Morgan fingerprint density at radius 3 is 3.00 bits per heavy atom. The highest BCUT2D eigenvalue weighted by molar-refractivity contribution is 5.72. The molecule has 0 aliphatic carbocycles. The number of anilines is 1. The van der Waals surface area contributed by atoms with Gasteiger partial charge in [-0.15, -0.1) is 0 Å². The number of hydrogen-bond donors (Lipinski definition) is 2. The summed E-state index contributed by atoms with van der Waals surface area (Å²) >= 11 is 0. The lowest BCUT2D eigenvalue weighted by Gasteiger charge is -2.14. The van der Waals surface area contributed by atoms with E-state index in [0.717, 1.165) is 0 Å². The van der Waals surface area contributed by atoms with Crippen LogP contribution in [0, 0.1) is 0 Å². The predicted octanol–water partition coefficient (Wildman–Crippen LogP) is -0.709. The van der Waals surface area contributed by atoms with Crippen molar-refractivity contribution in [3.63, 3.8) is 0 Å². The molecule has 6 nitrogen and oxygen atoms in total. The number of nitrogens with one attached hydrogen (secondary N) is 1. The molecule has 0 aliphatic heterocycles. The van der Waals surface area contributed by atoms with Crippen LogP contribution in [0.25, 0.3) is 0 Å². The summed E-state index contributed by atoms with van der Waals surface area (Å²) in [5.74, 6) is -0.525. The average molecular weight is 183 g/mol. The smallest absolute Gasteiger partial charge is 0.346 e. The van der Waals surface area contributed by atoms with Crippen LogP contribution in [0.2, 0.25) is 0 Å². The molecule has 0 spiro atoms. The molecule has 13 heavy (non-hydrogen) atoms. The van der Waals surface area contributed by atoms with E-state index in [2.05, 4.69) is 9.97 Å². The molecule has 70 valence electrons. The van der Waals surface area contributed by atoms with Gasteiger partial charge in [-0.25, -0.2) is 9.78 Å². The molecule has 0 fully saturated rings. The lowest BCUT2D eigenvalue weighted by molar-refractivity contribution is -0.135. The number of aromatic amines is 1.